The molecule has 8 heteroatoms. The zero-order valence-electron chi connectivity index (χ0n) is 13.2. The monoisotopic (exact) mass is 346 g/mol. The number of aromatic nitrogens is 3. The fourth-order valence-electron chi connectivity index (χ4n) is 2.17. The molecular formula is C16H18N4O3S. The van der Waals surface area contributed by atoms with Crippen LogP contribution in [-0.2, 0) is 23.0 Å². The van der Waals surface area contributed by atoms with Crippen molar-refractivity contribution in [2.24, 2.45) is 0 Å². The Labute approximate surface area is 140 Å². The summed E-state index contributed by atoms with van der Waals surface area (Å²) in [6, 6.07) is 9.54. The van der Waals surface area contributed by atoms with Gasteiger partial charge >= 0.3 is 0 Å². The number of nitrogens with zero attached hydrogens (tertiary/aromatic N) is 3. The van der Waals surface area contributed by atoms with Gasteiger partial charge in [0.15, 0.2) is 5.03 Å². The molecule has 7 nitrogen and oxygen atoms in total. The van der Waals surface area contributed by atoms with Crippen molar-refractivity contribution in [1.29, 1.82) is 0 Å². The van der Waals surface area contributed by atoms with Gasteiger partial charge in [0.25, 0.3) is 10.0 Å². The summed E-state index contributed by atoms with van der Waals surface area (Å²) >= 11 is 0. The summed E-state index contributed by atoms with van der Waals surface area (Å²) in [6.45, 7) is 2.81. The second kappa shape index (κ2) is 6.98. The topological polar surface area (TPSA) is 90.0 Å². The van der Waals surface area contributed by atoms with Gasteiger partial charge in [0.2, 0.25) is 5.89 Å². The molecule has 0 radical (unpaired) electrons. The van der Waals surface area contributed by atoms with E-state index in [1.165, 1.54) is 12.5 Å². The Bertz CT molecular complexity index is 900. The minimum atomic E-state index is -3.61. The summed E-state index contributed by atoms with van der Waals surface area (Å²) in [7, 11) is -3.61. The summed E-state index contributed by atoms with van der Waals surface area (Å²) in [5.41, 5.74) is 1.57. The van der Waals surface area contributed by atoms with Crippen LogP contribution in [0.4, 0.5) is 0 Å². The molecule has 3 aromatic rings. The number of benzene rings is 1. The van der Waals surface area contributed by atoms with E-state index in [1.54, 1.807) is 10.8 Å². The van der Waals surface area contributed by atoms with Gasteiger partial charge in [-0.15, -0.1) is 0 Å². The Morgan fingerprint density at radius 2 is 2.04 bits per heavy atom. The molecule has 2 aromatic heterocycles. The molecule has 3 rings (SSSR count). The first kappa shape index (κ1) is 16.4. The quantitative estimate of drug-likeness (QED) is 0.707. The van der Waals surface area contributed by atoms with Crippen molar-refractivity contribution in [2.75, 3.05) is 6.54 Å². The zero-order valence-corrected chi connectivity index (χ0v) is 14.0. The van der Waals surface area contributed by atoms with E-state index in [0.717, 1.165) is 5.56 Å². The Morgan fingerprint density at radius 3 is 2.75 bits per heavy atom. The Morgan fingerprint density at radius 1 is 1.25 bits per heavy atom. The maximum Gasteiger partial charge on any atom is 0.259 e. The lowest BCUT2D eigenvalue weighted by atomic mass is 10.2. The van der Waals surface area contributed by atoms with Crippen LogP contribution in [0.2, 0.25) is 0 Å². The molecule has 0 spiro atoms. The SMILES string of the molecule is CCn1cnc(S(=O)(=O)NCCc2coc(-c3ccccc3)n2)c1. The van der Waals surface area contributed by atoms with Gasteiger partial charge in [0.1, 0.15) is 6.26 Å². The maximum atomic E-state index is 12.1. The van der Waals surface area contributed by atoms with Gasteiger partial charge in [-0.25, -0.2) is 23.1 Å². The van der Waals surface area contributed by atoms with Crippen LogP contribution >= 0.6 is 0 Å². The molecule has 0 saturated carbocycles. The van der Waals surface area contributed by atoms with Crippen LogP contribution in [0.25, 0.3) is 11.5 Å². The number of rotatable bonds is 7. The van der Waals surface area contributed by atoms with Gasteiger partial charge in [-0.05, 0) is 19.1 Å². The molecule has 1 N–H and O–H groups in total. The Balaban J connectivity index is 1.59. The van der Waals surface area contributed by atoms with E-state index < -0.39 is 10.0 Å². The van der Waals surface area contributed by atoms with Crippen LogP contribution in [0.1, 0.15) is 12.6 Å². The summed E-state index contributed by atoms with van der Waals surface area (Å²) in [5.74, 6) is 0.523. The molecule has 0 unspecified atom stereocenters. The van der Waals surface area contributed by atoms with Crippen molar-refractivity contribution in [1.82, 2.24) is 19.3 Å². The van der Waals surface area contributed by atoms with Crippen LogP contribution in [0.15, 0.2) is 58.6 Å². The molecule has 0 fully saturated rings. The highest BCUT2D eigenvalue weighted by Crippen LogP contribution is 2.18. The van der Waals surface area contributed by atoms with Crippen molar-refractivity contribution >= 4 is 10.0 Å². The predicted molar refractivity (Wildman–Crippen MR) is 88.7 cm³/mol. The number of oxazole rings is 1. The van der Waals surface area contributed by atoms with Gasteiger partial charge in [0.05, 0.1) is 12.0 Å². The third-order valence-electron chi connectivity index (χ3n) is 3.50. The van der Waals surface area contributed by atoms with Crippen LogP contribution in [0.3, 0.4) is 0 Å². The van der Waals surface area contributed by atoms with E-state index in [1.807, 2.05) is 37.3 Å². The number of hydrogen-bond donors (Lipinski definition) is 1. The average Bonchev–Trinajstić information content (AvgIpc) is 3.25. The lowest BCUT2D eigenvalue weighted by Gasteiger charge is -2.02. The second-order valence-corrected chi connectivity index (χ2v) is 6.91. The molecule has 0 aliphatic heterocycles. The molecule has 0 atom stereocenters. The lowest BCUT2D eigenvalue weighted by molar-refractivity contribution is 0.569. The van der Waals surface area contributed by atoms with Gasteiger partial charge in [-0.3, -0.25) is 0 Å². The first-order valence-electron chi connectivity index (χ1n) is 7.60. The minimum absolute atomic E-state index is 0.0227. The standard InChI is InChI=1S/C16H18N4O3S/c1-2-20-10-15(17-12-20)24(21,22)18-9-8-14-11-23-16(19-14)13-6-4-3-5-7-13/h3-7,10-12,18H,2,8-9H2,1H3. The molecular weight excluding hydrogens is 328 g/mol. The number of imidazole rings is 1. The van der Waals surface area contributed by atoms with Crippen LogP contribution in [0.5, 0.6) is 0 Å². The molecule has 126 valence electrons. The summed E-state index contributed by atoms with van der Waals surface area (Å²) in [5, 5.41) is 0.0227. The average molecular weight is 346 g/mol. The number of nitrogens with one attached hydrogen (secondary N) is 1. The molecule has 0 aliphatic carbocycles. The van der Waals surface area contributed by atoms with Gasteiger partial charge < -0.3 is 8.98 Å². The lowest BCUT2D eigenvalue weighted by Crippen LogP contribution is -2.26. The highest BCUT2D eigenvalue weighted by Gasteiger charge is 2.17. The van der Waals surface area contributed by atoms with Gasteiger partial charge in [0, 0.05) is 31.3 Å². The normalized spacial score (nSPS) is 11.7. The third-order valence-corrected chi connectivity index (χ3v) is 4.84. The maximum absolute atomic E-state index is 12.1. The molecule has 24 heavy (non-hydrogen) atoms. The predicted octanol–water partition coefficient (Wildman–Crippen LogP) is 2.08. The summed E-state index contributed by atoms with van der Waals surface area (Å²) in [4.78, 5) is 8.28. The van der Waals surface area contributed by atoms with Gasteiger partial charge in [-0.1, -0.05) is 18.2 Å². The first-order chi connectivity index (χ1) is 11.6. The van der Waals surface area contributed by atoms with E-state index >= 15 is 0 Å². The van der Waals surface area contributed by atoms with E-state index in [2.05, 4.69) is 14.7 Å². The molecule has 1 aromatic carbocycles. The zero-order chi connectivity index (χ0) is 17.0. The van der Waals surface area contributed by atoms with E-state index in [-0.39, 0.29) is 11.6 Å². The highest BCUT2D eigenvalue weighted by molar-refractivity contribution is 7.89. The van der Waals surface area contributed by atoms with Crippen molar-refractivity contribution < 1.29 is 12.8 Å². The molecule has 0 bridgehead atoms. The van der Waals surface area contributed by atoms with E-state index in [0.29, 0.717) is 24.6 Å². The molecule has 0 saturated heterocycles. The first-order valence-corrected chi connectivity index (χ1v) is 9.08. The second-order valence-electron chi connectivity index (χ2n) is 5.20. The smallest absolute Gasteiger partial charge is 0.259 e. The van der Waals surface area contributed by atoms with Crippen molar-refractivity contribution in [3.8, 4) is 11.5 Å². The number of aryl methyl sites for hydroxylation is 1. The largest absolute Gasteiger partial charge is 0.444 e. The van der Waals surface area contributed by atoms with E-state index in [4.69, 9.17) is 4.42 Å². The van der Waals surface area contributed by atoms with E-state index in [9.17, 15) is 8.42 Å². The number of sulfonamides is 1. The third kappa shape index (κ3) is 3.72. The van der Waals surface area contributed by atoms with Crippen LogP contribution in [-0.4, -0.2) is 29.5 Å². The fraction of sp³-hybridized carbons (Fsp3) is 0.250. The summed E-state index contributed by atoms with van der Waals surface area (Å²) < 4.78 is 34.0. The summed E-state index contributed by atoms with van der Waals surface area (Å²) in [6.07, 6.45) is 4.98. The molecule has 0 aliphatic rings. The Kier molecular flexibility index (Phi) is 4.77. The number of hydrogen-bond acceptors (Lipinski definition) is 5. The van der Waals surface area contributed by atoms with Gasteiger partial charge in [-0.2, -0.15) is 0 Å². The minimum Gasteiger partial charge on any atom is -0.444 e. The van der Waals surface area contributed by atoms with Crippen LogP contribution in [0, 0.1) is 0 Å². The fourth-order valence-corrected chi connectivity index (χ4v) is 3.15. The highest BCUT2D eigenvalue weighted by atomic mass is 32.2. The molecule has 2 heterocycles. The van der Waals surface area contributed by atoms with Crippen molar-refractivity contribution in [2.45, 2.75) is 24.9 Å². The van der Waals surface area contributed by atoms with Crippen molar-refractivity contribution in [3.63, 3.8) is 0 Å². The van der Waals surface area contributed by atoms with Crippen molar-refractivity contribution in [3.05, 3.63) is 54.8 Å². The Hall–Kier alpha value is -2.45. The van der Waals surface area contributed by atoms with Crippen LogP contribution < -0.4 is 4.72 Å². The molecule has 0 amide bonds.